The highest BCUT2D eigenvalue weighted by Gasteiger charge is 2.36. The van der Waals surface area contributed by atoms with Gasteiger partial charge in [-0.2, -0.15) is 0 Å². The Morgan fingerprint density at radius 3 is 1.03 bits per heavy atom. The average Bonchev–Trinajstić information content (AvgIpc) is 1.03. The van der Waals surface area contributed by atoms with Crippen LogP contribution in [0.3, 0.4) is 0 Å². The van der Waals surface area contributed by atoms with Crippen LogP contribution in [0.25, 0.3) is 0 Å². The fourth-order valence-electron chi connectivity index (χ4n) is 18.6. The Hall–Kier alpha value is -2.21. The molecule has 2 saturated carbocycles. The highest BCUT2D eigenvalue weighted by molar-refractivity contribution is 7.58. The van der Waals surface area contributed by atoms with Crippen molar-refractivity contribution in [3.8, 4) is 11.5 Å². The lowest BCUT2D eigenvalue weighted by molar-refractivity contribution is -0.0339. The molecular weight excluding hydrogens is 1660 g/mol. The van der Waals surface area contributed by atoms with E-state index in [9.17, 15) is 0 Å². The third kappa shape index (κ3) is 71.8. The summed E-state index contributed by atoms with van der Waals surface area (Å²) in [5.41, 5.74) is 1.01. The third-order valence-corrected chi connectivity index (χ3v) is 29.5. The van der Waals surface area contributed by atoms with Gasteiger partial charge in [0.1, 0.15) is 11.5 Å². The number of unbranched alkanes of at least 4 members (excludes halogenated alkanes) is 1. The van der Waals surface area contributed by atoms with Crippen LogP contribution < -0.4 is 9.47 Å². The summed E-state index contributed by atoms with van der Waals surface area (Å²) in [6, 6.07) is 20.4. The largest absolute Gasteiger partial charge is 0.494 e. The summed E-state index contributed by atoms with van der Waals surface area (Å²) in [6.45, 7) is 55.3. The second-order valence-corrected chi connectivity index (χ2v) is 46.6. The van der Waals surface area contributed by atoms with E-state index in [4.69, 9.17) is 75.8 Å². The third-order valence-electron chi connectivity index (χ3n) is 26.2. The van der Waals surface area contributed by atoms with Gasteiger partial charge in [0.2, 0.25) is 0 Å². The first-order chi connectivity index (χ1) is 62.3. The molecular formula is C111H216N3O16P. The molecule has 2 fully saturated rings. The maximum atomic E-state index is 6.31. The number of benzene rings is 2. The van der Waals surface area contributed by atoms with Crippen molar-refractivity contribution in [1.29, 1.82) is 0 Å². The van der Waals surface area contributed by atoms with Crippen LogP contribution in [0.1, 0.15) is 342 Å². The van der Waals surface area contributed by atoms with E-state index in [1.165, 1.54) is 141 Å². The lowest BCUT2D eigenvalue weighted by Crippen LogP contribution is -2.51. The molecule has 2 aromatic carbocycles. The summed E-state index contributed by atoms with van der Waals surface area (Å²) in [5, 5.41) is 0.447. The molecule has 776 valence electrons. The SMILES string of the molecule is CCN(C)CC(COC)(CN(C)C)CN(C)C.CCOCCCC(CCCCP(C)C(C)(C)C)(CCCOc1ccccc1)CCOc1ccccc1.COCCC(CCOC)(CCOC)CCOC(C)C.COCCCC(CCCOC(C)(C)C)(CCOC)CCOC(C)(C)C.COCCCC(CCCOC1CCCCC1)(CCCOC1CCCCC1)CCCOC(C)(C)C. The Kier molecular flexibility index (Phi) is 76.2. The highest BCUT2D eigenvalue weighted by atomic mass is 31.1. The van der Waals surface area contributed by atoms with Crippen molar-refractivity contribution < 1.29 is 75.8 Å². The van der Waals surface area contributed by atoms with Gasteiger partial charge in [-0.1, -0.05) is 109 Å². The molecule has 2 aliphatic carbocycles. The Morgan fingerprint density at radius 1 is 0.336 bits per heavy atom. The minimum Gasteiger partial charge on any atom is -0.494 e. The van der Waals surface area contributed by atoms with E-state index in [1.807, 2.05) is 55.6 Å². The maximum Gasteiger partial charge on any atom is 0.119 e. The molecule has 19 nitrogen and oxygen atoms in total. The Bertz CT molecular complexity index is 2730. The summed E-state index contributed by atoms with van der Waals surface area (Å²) in [5.74, 6) is 1.93. The molecule has 3 unspecified atom stereocenters. The van der Waals surface area contributed by atoms with E-state index in [1.54, 1.807) is 42.7 Å². The second-order valence-electron chi connectivity index (χ2n) is 43.4. The minimum absolute atomic E-state index is 0.0552. The van der Waals surface area contributed by atoms with Crippen LogP contribution in [0, 0.1) is 27.1 Å². The summed E-state index contributed by atoms with van der Waals surface area (Å²) < 4.78 is 91.7. The standard InChI is InChI=1S/C32H51O3P.C30H58O4.C21H44O4.C15H32O4.C13H31N3O/c1-6-33-25-15-22-32(21-13-14-28-36(5)31(2,3)4,24-27-35-30-19-11-8-12-20-30)23-16-26-34-29-17-9-7-10-18-29;1-29(2,3)34-26-14-22-30(19-11-23-31-4,20-12-24-32-27-15-7-5-8-16-27)21-13-25-33-28-17-9-6-10-18-28;1-19(2,3)24-16-10-12-21(13-17-23-8,11-9-15-22-7)14-18-25-20(4,5)6;1-14(2)19-13-9-15(6-10-16-3,7-11-17-4)8-12-18-5;1-8-16(6)11-13(12-17-7,9-14(2)3)10-15(4)5/h7-12,17-20H,6,13-16,21-28H2,1-5H3;27-28H,5-26H2,1-4H3;9-18H2,1-8H3;14H,6-13H2,1-5H3;8-12H2,1-7H3. The summed E-state index contributed by atoms with van der Waals surface area (Å²) in [7, 11) is 23.2. The van der Waals surface area contributed by atoms with E-state index in [2.05, 4.69) is 180 Å². The van der Waals surface area contributed by atoms with Crippen LogP contribution in [0.2, 0.25) is 0 Å². The molecule has 4 rings (SSSR count). The summed E-state index contributed by atoms with van der Waals surface area (Å²) in [4.78, 5) is 6.88. The molecule has 3 atom stereocenters. The van der Waals surface area contributed by atoms with E-state index < -0.39 is 0 Å². The van der Waals surface area contributed by atoms with Crippen LogP contribution in [-0.2, 0) is 66.3 Å². The predicted molar refractivity (Wildman–Crippen MR) is 557 cm³/mol. The van der Waals surface area contributed by atoms with Crippen LogP contribution in [0.5, 0.6) is 11.5 Å². The van der Waals surface area contributed by atoms with Gasteiger partial charge in [0.25, 0.3) is 0 Å². The molecule has 0 saturated heterocycles. The van der Waals surface area contributed by atoms with Crippen LogP contribution in [0.15, 0.2) is 60.7 Å². The fraction of sp³-hybridized carbons (Fsp3) is 0.892. The van der Waals surface area contributed by atoms with Crippen molar-refractivity contribution in [2.24, 2.45) is 27.1 Å². The number of para-hydroxylation sites is 2. The molecule has 20 heteroatoms. The number of methoxy groups -OCH3 is 7. The van der Waals surface area contributed by atoms with Crippen molar-refractivity contribution in [2.75, 3.05) is 236 Å². The zero-order chi connectivity index (χ0) is 98.1. The smallest absolute Gasteiger partial charge is 0.119 e. The number of rotatable bonds is 73. The van der Waals surface area contributed by atoms with Crippen molar-refractivity contribution in [3.63, 3.8) is 0 Å². The molecule has 0 spiro atoms. The molecule has 131 heavy (non-hydrogen) atoms. The van der Waals surface area contributed by atoms with Crippen LogP contribution in [0.4, 0.5) is 0 Å². The first-order valence-electron chi connectivity index (χ1n) is 52.1. The molecule has 0 radical (unpaired) electrons. The van der Waals surface area contributed by atoms with Crippen molar-refractivity contribution in [3.05, 3.63) is 60.7 Å². The zero-order valence-corrected chi connectivity index (χ0v) is 92.2. The molecule has 0 N–H and O–H groups in total. The minimum atomic E-state index is -0.0884. The van der Waals surface area contributed by atoms with E-state index in [-0.39, 0.29) is 52.5 Å². The molecule has 0 aliphatic heterocycles. The monoisotopic (exact) mass is 1880 g/mol. The van der Waals surface area contributed by atoms with Gasteiger partial charge in [-0.05, 0) is 375 Å². The Labute approximate surface area is 811 Å². The number of hydrogen-bond donors (Lipinski definition) is 0. The van der Waals surface area contributed by atoms with Gasteiger partial charge >= 0.3 is 0 Å². The van der Waals surface area contributed by atoms with Gasteiger partial charge in [-0.15, -0.1) is 7.92 Å². The van der Waals surface area contributed by atoms with E-state index in [0.717, 1.165) is 246 Å². The molecule has 0 aromatic heterocycles. The molecule has 2 aliphatic rings. The summed E-state index contributed by atoms with van der Waals surface area (Å²) in [6.07, 6.45) is 45.7. The molecule has 0 heterocycles. The second kappa shape index (κ2) is 77.5. The molecule has 0 bridgehead atoms. The van der Waals surface area contributed by atoms with Crippen LogP contribution in [-0.4, -0.2) is 291 Å². The first kappa shape index (κ1) is 129. The normalized spacial score (nSPS) is 15.3. The van der Waals surface area contributed by atoms with E-state index in [0.29, 0.717) is 22.8 Å². The van der Waals surface area contributed by atoms with Gasteiger partial charge in [0.15, 0.2) is 0 Å². The number of hydrogen-bond acceptors (Lipinski definition) is 19. The Balaban J connectivity index is 0.00000166. The van der Waals surface area contributed by atoms with Gasteiger partial charge in [-0.3, -0.25) is 0 Å². The molecule has 0 amide bonds. The number of nitrogens with zero attached hydrogens (tertiary/aromatic N) is 3. The first-order valence-corrected chi connectivity index (χ1v) is 54.0. The van der Waals surface area contributed by atoms with Gasteiger partial charge in [0.05, 0.1) is 54.9 Å². The topological polar surface area (TPSA) is 157 Å². The van der Waals surface area contributed by atoms with E-state index >= 15 is 0 Å². The quantitative estimate of drug-likeness (QED) is 0.0454. The molecule has 2 aromatic rings. The van der Waals surface area contributed by atoms with Gasteiger partial charge in [-0.25, -0.2) is 0 Å². The van der Waals surface area contributed by atoms with Crippen molar-refractivity contribution in [1.82, 2.24) is 14.7 Å². The van der Waals surface area contributed by atoms with Crippen molar-refractivity contribution >= 4 is 7.92 Å². The van der Waals surface area contributed by atoms with Crippen LogP contribution >= 0.6 is 7.92 Å². The fourth-order valence-corrected chi connectivity index (χ4v) is 20.0. The highest BCUT2D eigenvalue weighted by Crippen LogP contribution is 2.48. The average molecular weight is 1880 g/mol. The maximum absolute atomic E-state index is 6.31. The number of ether oxygens (including phenoxy) is 16. The Morgan fingerprint density at radius 2 is 0.664 bits per heavy atom. The lowest BCUT2D eigenvalue weighted by Gasteiger charge is -2.40. The van der Waals surface area contributed by atoms with Gasteiger partial charge in [0, 0.05) is 167 Å². The van der Waals surface area contributed by atoms with Gasteiger partial charge < -0.3 is 90.5 Å². The summed E-state index contributed by atoms with van der Waals surface area (Å²) >= 11 is 0. The lowest BCUT2D eigenvalue weighted by atomic mass is 9.72. The predicted octanol–water partition coefficient (Wildman–Crippen LogP) is 26.3. The van der Waals surface area contributed by atoms with Crippen molar-refractivity contribution in [2.45, 2.75) is 382 Å². The zero-order valence-electron chi connectivity index (χ0n) is 91.3.